The minimum absolute atomic E-state index is 0.206. The second kappa shape index (κ2) is 7.05. The SMILES string of the molecule is CCOC(=O)C(=NO)C(C)=NNc1ccccc1. The van der Waals surface area contributed by atoms with E-state index in [9.17, 15) is 4.79 Å². The maximum Gasteiger partial charge on any atom is 0.362 e. The smallest absolute Gasteiger partial charge is 0.362 e. The zero-order valence-electron chi connectivity index (χ0n) is 10.3. The number of benzene rings is 1. The number of hydrogen-bond donors (Lipinski definition) is 2. The van der Waals surface area contributed by atoms with Crippen LogP contribution >= 0.6 is 0 Å². The monoisotopic (exact) mass is 249 g/mol. The molecule has 0 heterocycles. The number of hydrazone groups is 1. The van der Waals surface area contributed by atoms with Gasteiger partial charge in [0, 0.05) is 0 Å². The quantitative estimate of drug-likeness (QED) is 0.361. The Bertz CT molecular complexity index is 455. The average molecular weight is 249 g/mol. The maximum absolute atomic E-state index is 11.4. The molecule has 0 amide bonds. The third kappa shape index (κ3) is 3.89. The Labute approximate surface area is 105 Å². The van der Waals surface area contributed by atoms with Gasteiger partial charge in [0.2, 0.25) is 5.71 Å². The fourth-order valence-corrected chi connectivity index (χ4v) is 1.17. The van der Waals surface area contributed by atoms with E-state index in [0.29, 0.717) is 0 Å². The maximum atomic E-state index is 11.4. The Hall–Kier alpha value is -2.37. The lowest BCUT2D eigenvalue weighted by atomic mass is 10.2. The molecule has 0 saturated heterocycles. The number of anilines is 1. The van der Waals surface area contributed by atoms with Crippen LogP contribution in [0.25, 0.3) is 0 Å². The van der Waals surface area contributed by atoms with E-state index in [1.54, 1.807) is 13.8 Å². The Kier molecular flexibility index (Phi) is 5.37. The van der Waals surface area contributed by atoms with Crippen LogP contribution < -0.4 is 5.43 Å². The van der Waals surface area contributed by atoms with Crippen LogP contribution in [0.1, 0.15) is 13.8 Å². The predicted octanol–water partition coefficient (Wildman–Crippen LogP) is 1.87. The van der Waals surface area contributed by atoms with Crippen LogP contribution in [0.3, 0.4) is 0 Å². The zero-order chi connectivity index (χ0) is 13.4. The Morgan fingerprint density at radius 1 is 1.39 bits per heavy atom. The summed E-state index contributed by atoms with van der Waals surface area (Å²) in [5, 5.41) is 15.6. The van der Waals surface area contributed by atoms with Crippen molar-refractivity contribution in [3.05, 3.63) is 30.3 Å². The van der Waals surface area contributed by atoms with Gasteiger partial charge in [0.15, 0.2) is 0 Å². The molecule has 2 N–H and O–H groups in total. The minimum Gasteiger partial charge on any atom is -0.461 e. The lowest BCUT2D eigenvalue weighted by molar-refractivity contribution is -0.134. The van der Waals surface area contributed by atoms with Gasteiger partial charge in [-0.1, -0.05) is 23.4 Å². The van der Waals surface area contributed by atoms with Crippen molar-refractivity contribution in [1.29, 1.82) is 0 Å². The second-order valence-electron chi connectivity index (χ2n) is 3.34. The molecule has 0 spiro atoms. The van der Waals surface area contributed by atoms with Crippen molar-refractivity contribution < 1.29 is 14.7 Å². The third-order valence-electron chi connectivity index (χ3n) is 2.04. The summed E-state index contributed by atoms with van der Waals surface area (Å²) in [7, 11) is 0. The number of esters is 1. The molecular weight excluding hydrogens is 234 g/mol. The molecule has 0 aromatic heterocycles. The van der Waals surface area contributed by atoms with Crippen LogP contribution in [0.2, 0.25) is 0 Å². The minimum atomic E-state index is -0.712. The predicted molar refractivity (Wildman–Crippen MR) is 69.0 cm³/mol. The standard InChI is InChI=1S/C12H15N3O3/c1-3-18-12(16)11(15-17)9(2)13-14-10-7-5-4-6-8-10/h4-8,14,17H,3H2,1-2H3. The summed E-state index contributed by atoms with van der Waals surface area (Å²) in [6.07, 6.45) is 0. The molecule has 96 valence electrons. The molecule has 0 aliphatic heterocycles. The number of para-hydroxylation sites is 1. The highest BCUT2D eigenvalue weighted by Gasteiger charge is 2.16. The van der Waals surface area contributed by atoms with Crippen molar-refractivity contribution in [1.82, 2.24) is 0 Å². The van der Waals surface area contributed by atoms with Crippen LogP contribution in [0.5, 0.6) is 0 Å². The molecule has 0 bridgehead atoms. The van der Waals surface area contributed by atoms with E-state index in [0.717, 1.165) is 5.69 Å². The Morgan fingerprint density at radius 3 is 2.61 bits per heavy atom. The topological polar surface area (TPSA) is 83.3 Å². The van der Waals surface area contributed by atoms with Gasteiger partial charge in [-0.25, -0.2) is 4.79 Å². The average Bonchev–Trinajstić information content (AvgIpc) is 2.39. The zero-order valence-corrected chi connectivity index (χ0v) is 10.3. The molecule has 18 heavy (non-hydrogen) atoms. The summed E-state index contributed by atoms with van der Waals surface area (Å²) in [5.74, 6) is -0.712. The van der Waals surface area contributed by atoms with Crippen molar-refractivity contribution in [2.75, 3.05) is 12.0 Å². The molecule has 1 aromatic carbocycles. The number of rotatable bonds is 5. The number of nitrogens with one attached hydrogen (secondary N) is 1. The van der Waals surface area contributed by atoms with E-state index >= 15 is 0 Å². The van der Waals surface area contributed by atoms with E-state index in [1.165, 1.54) is 0 Å². The number of oxime groups is 1. The molecule has 6 heteroatoms. The van der Waals surface area contributed by atoms with E-state index in [-0.39, 0.29) is 18.0 Å². The molecule has 0 aliphatic rings. The van der Waals surface area contributed by atoms with Gasteiger partial charge < -0.3 is 9.94 Å². The summed E-state index contributed by atoms with van der Waals surface area (Å²) >= 11 is 0. The summed E-state index contributed by atoms with van der Waals surface area (Å²) < 4.78 is 4.73. The van der Waals surface area contributed by atoms with E-state index in [4.69, 9.17) is 9.94 Å². The summed E-state index contributed by atoms with van der Waals surface area (Å²) in [6.45, 7) is 3.42. The highest BCUT2D eigenvalue weighted by Crippen LogP contribution is 2.04. The number of nitrogens with zero attached hydrogens (tertiary/aromatic N) is 2. The number of carbonyl (C=O) groups excluding carboxylic acids is 1. The highest BCUT2D eigenvalue weighted by molar-refractivity contribution is 6.65. The van der Waals surface area contributed by atoms with Crippen LogP contribution in [0.15, 0.2) is 40.6 Å². The Morgan fingerprint density at radius 2 is 2.06 bits per heavy atom. The first-order chi connectivity index (χ1) is 8.69. The molecular formula is C12H15N3O3. The van der Waals surface area contributed by atoms with Gasteiger partial charge in [-0.3, -0.25) is 5.43 Å². The molecule has 0 saturated carbocycles. The van der Waals surface area contributed by atoms with Crippen molar-refractivity contribution >= 4 is 23.1 Å². The molecule has 0 fully saturated rings. The van der Waals surface area contributed by atoms with Gasteiger partial charge in [-0.05, 0) is 26.0 Å². The number of hydrogen-bond acceptors (Lipinski definition) is 6. The normalized spacial score (nSPS) is 12.1. The lowest BCUT2D eigenvalue weighted by Gasteiger charge is -2.04. The molecule has 0 atom stereocenters. The van der Waals surface area contributed by atoms with E-state index in [1.807, 2.05) is 30.3 Å². The van der Waals surface area contributed by atoms with Gasteiger partial charge in [-0.15, -0.1) is 0 Å². The number of ether oxygens (including phenoxy) is 1. The van der Waals surface area contributed by atoms with Crippen LogP contribution in [0.4, 0.5) is 5.69 Å². The van der Waals surface area contributed by atoms with Crippen LogP contribution in [-0.2, 0) is 9.53 Å². The fraction of sp³-hybridized carbons (Fsp3) is 0.250. The third-order valence-corrected chi connectivity index (χ3v) is 2.04. The summed E-state index contributed by atoms with van der Waals surface area (Å²) in [5.41, 5.74) is 3.52. The van der Waals surface area contributed by atoms with Crippen molar-refractivity contribution in [3.8, 4) is 0 Å². The van der Waals surface area contributed by atoms with Gasteiger partial charge in [-0.2, -0.15) is 5.10 Å². The Balaban J connectivity index is 2.73. The second-order valence-corrected chi connectivity index (χ2v) is 3.34. The van der Waals surface area contributed by atoms with Crippen LogP contribution in [0, 0.1) is 0 Å². The molecule has 6 nitrogen and oxygen atoms in total. The first kappa shape index (κ1) is 13.7. The van der Waals surface area contributed by atoms with Gasteiger partial charge in [0.1, 0.15) is 0 Å². The van der Waals surface area contributed by atoms with Gasteiger partial charge in [0.05, 0.1) is 18.0 Å². The number of carbonyl (C=O) groups is 1. The molecule has 1 rings (SSSR count). The van der Waals surface area contributed by atoms with Gasteiger partial charge >= 0.3 is 5.97 Å². The van der Waals surface area contributed by atoms with E-state index in [2.05, 4.69) is 15.7 Å². The summed E-state index contributed by atoms with van der Waals surface area (Å²) in [6, 6.07) is 9.20. The first-order valence-electron chi connectivity index (χ1n) is 5.44. The highest BCUT2D eigenvalue weighted by atomic mass is 16.5. The molecule has 0 aliphatic carbocycles. The lowest BCUT2D eigenvalue weighted by Crippen LogP contribution is -2.25. The van der Waals surface area contributed by atoms with Crippen molar-refractivity contribution in [3.63, 3.8) is 0 Å². The largest absolute Gasteiger partial charge is 0.461 e. The molecule has 0 unspecified atom stereocenters. The molecule has 1 aromatic rings. The fourth-order valence-electron chi connectivity index (χ4n) is 1.17. The van der Waals surface area contributed by atoms with E-state index < -0.39 is 5.97 Å². The van der Waals surface area contributed by atoms with Gasteiger partial charge in [0.25, 0.3) is 0 Å². The van der Waals surface area contributed by atoms with Crippen LogP contribution in [-0.4, -0.2) is 29.2 Å². The first-order valence-corrected chi connectivity index (χ1v) is 5.44. The van der Waals surface area contributed by atoms with Crippen molar-refractivity contribution in [2.45, 2.75) is 13.8 Å². The summed E-state index contributed by atoms with van der Waals surface area (Å²) in [4.78, 5) is 11.4. The van der Waals surface area contributed by atoms with Crippen molar-refractivity contribution in [2.24, 2.45) is 10.3 Å². The molecule has 0 radical (unpaired) electrons.